The third kappa shape index (κ3) is 1.33. The zero-order chi connectivity index (χ0) is 10.1. The molecular weight excluding hydrogens is 174 g/mol. The van der Waals surface area contributed by atoms with Crippen LogP contribution in [-0.4, -0.2) is 23.3 Å². The summed E-state index contributed by atoms with van der Waals surface area (Å²) in [6.45, 7) is 4.25. The highest BCUT2D eigenvalue weighted by atomic mass is 15.2. The van der Waals surface area contributed by atoms with Gasteiger partial charge in [-0.15, -0.1) is 0 Å². The van der Waals surface area contributed by atoms with Crippen LogP contribution in [0.25, 0.3) is 0 Å². The molecule has 0 saturated heterocycles. The number of allylic oxidation sites excluding steroid dienone is 2. The average molecular weight is 187 g/mol. The standard InChI is InChI=1S/C11H13N3/c1-8(2)14-7-13-10-4-3-9(6-12)5-11(10)14/h3,5,7-8,10H,4H2,1-2H3. The Labute approximate surface area is 84.0 Å². The molecule has 1 heterocycles. The number of hydrogen-bond acceptors (Lipinski definition) is 3. The van der Waals surface area contributed by atoms with Crippen molar-refractivity contribution in [1.29, 1.82) is 5.26 Å². The molecule has 0 radical (unpaired) electrons. The van der Waals surface area contributed by atoms with E-state index in [4.69, 9.17) is 5.26 Å². The van der Waals surface area contributed by atoms with E-state index in [0.717, 1.165) is 12.0 Å². The van der Waals surface area contributed by atoms with Crippen molar-refractivity contribution in [3.8, 4) is 6.07 Å². The van der Waals surface area contributed by atoms with Gasteiger partial charge in [-0.1, -0.05) is 6.08 Å². The highest BCUT2D eigenvalue weighted by molar-refractivity contribution is 5.65. The molecule has 3 nitrogen and oxygen atoms in total. The summed E-state index contributed by atoms with van der Waals surface area (Å²) in [4.78, 5) is 6.54. The fourth-order valence-electron chi connectivity index (χ4n) is 1.79. The lowest BCUT2D eigenvalue weighted by atomic mass is 10.0. The quantitative estimate of drug-likeness (QED) is 0.628. The van der Waals surface area contributed by atoms with E-state index in [1.807, 2.05) is 18.5 Å². The van der Waals surface area contributed by atoms with Crippen molar-refractivity contribution in [2.24, 2.45) is 4.99 Å². The molecule has 0 amide bonds. The molecule has 72 valence electrons. The highest BCUT2D eigenvalue weighted by Gasteiger charge is 2.27. The Balaban J connectivity index is 2.29. The first kappa shape index (κ1) is 9.01. The highest BCUT2D eigenvalue weighted by Crippen LogP contribution is 2.28. The molecule has 0 aromatic carbocycles. The van der Waals surface area contributed by atoms with Crippen LogP contribution < -0.4 is 0 Å². The number of rotatable bonds is 1. The normalized spacial score (nSPS) is 24.4. The summed E-state index contributed by atoms with van der Waals surface area (Å²) in [6.07, 6.45) is 6.64. The summed E-state index contributed by atoms with van der Waals surface area (Å²) in [7, 11) is 0. The first-order valence-corrected chi connectivity index (χ1v) is 4.86. The summed E-state index contributed by atoms with van der Waals surface area (Å²) < 4.78 is 0. The van der Waals surface area contributed by atoms with E-state index in [1.165, 1.54) is 5.70 Å². The molecule has 0 aromatic heterocycles. The van der Waals surface area contributed by atoms with Gasteiger partial charge in [0.2, 0.25) is 0 Å². The lowest BCUT2D eigenvalue weighted by molar-refractivity contribution is 0.431. The van der Waals surface area contributed by atoms with Crippen molar-refractivity contribution in [3.63, 3.8) is 0 Å². The SMILES string of the molecule is CC(C)N1C=NC2CC=C(C#N)C=C21. The van der Waals surface area contributed by atoms with Crippen molar-refractivity contribution in [2.75, 3.05) is 0 Å². The summed E-state index contributed by atoms with van der Waals surface area (Å²) >= 11 is 0. The smallest absolute Gasteiger partial charge is 0.0988 e. The maximum absolute atomic E-state index is 8.81. The van der Waals surface area contributed by atoms with Crippen LogP contribution in [0.3, 0.4) is 0 Å². The molecule has 2 aliphatic rings. The van der Waals surface area contributed by atoms with Crippen LogP contribution in [0.15, 0.2) is 28.4 Å². The number of nitriles is 1. The largest absolute Gasteiger partial charge is 0.332 e. The molecule has 2 rings (SSSR count). The predicted octanol–water partition coefficient (Wildman–Crippen LogP) is 1.84. The maximum Gasteiger partial charge on any atom is 0.0988 e. The lowest BCUT2D eigenvalue weighted by Crippen LogP contribution is -2.28. The van der Waals surface area contributed by atoms with Gasteiger partial charge in [-0.05, 0) is 26.3 Å². The maximum atomic E-state index is 8.81. The van der Waals surface area contributed by atoms with Crippen molar-refractivity contribution in [2.45, 2.75) is 32.4 Å². The summed E-state index contributed by atoms with van der Waals surface area (Å²) in [6, 6.07) is 2.83. The predicted molar refractivity (Wildman–Crippen MR) is 55.7 cm³/mol. The van der Waals surface area contributed by atoms with Gasteiger partial charge in [-0.3, -0.25) is 4.99 Å². The molecule has 0 aromatic rings. The van der Waals surface area contributed by atoms with Gasteiger partial charge < -0.3 is 4.90 Å². The Morgan fingerprint density at radius 2 is 2.43 bits per heavy atom. The monoisotopic (exact) mass is 187 g/mol. The summed E-state index contributed by atoms with van der Waals surface area (Å²) in [5.74, 6) is 0. The molecule has 0 bridgehead atoms. The minimum Gasteiger partial charge on any atom is -0.332 e. The van der Waals surface area contributed by atoms with E-state index in [-0.39, 0.29) is 6.04 Å². The van der Waals surface area contributed by atoms with Crippen LogP contribution in [0, 0.1) is 11.3 Å². The molecular formula is C11H13N3. The van der Waals surface area contributed by atoms with Crippen LogP contribution in [-0.2, 0) is 0 Å². The fourth-order valence-corrected chi connectivity index (χ4v) is 1.79. The first-order valence-electron chi connectivity index (χ1n) is 4.86. The van der Waals surface area contributed by atoms with Gasteiger partial charge in [-0.2, -0.15) is 5.26 Å². The lowest BCUT2D eigenvalue weighted by Gasteiger charge is -2.25. The van der Waals surface area contributed by atoms with Gasteiger partial charge in [-0.25, -0.2) is 0 Å². The van der Waals surface area contributed by atoms with E-state index >= 15 is 0 Å². The van der Waals surface area contributed by atoms with Crippen LogP contribution in [0.4, 0.5) is 0 Å². The van der Waals surface area contributed by atoms with Crippen LogP contribution in [0.2, 0.25) is 0 Å². The zero-order valence-electron chi connectivity index (χ0n) is 8.44. The average Bonchev–Trinajstić information content (AvgIpc) is 2.59. The number of hydrogen-bond donors (Lipinski definition) is 0. The van der Waals surface area contributed by atoms with E-state index < -0.39 is 0 Å². The topological polar surface area (TPSA) is 39.4 Å². The molecule has 1 unspecified atom stereocenters. The summed E-state index contributed by atoms with van der Waals surface area (Å²) in [5.41, 5.74) is 1.92. The number of aliphatic imine (C=N–C) groups is 1. The Kier molecular flexibility index (Phi) is 2.12. The minimum atomic E-state index is 0.245. The van der Waals surface area contributed by atoms with E-state index in [1.54, 1.807) is 0 Å². The Bertz CT molecular complexity index is 368. The Hall–Kier alpha value is -1.56. The molecule has 0 N–H and O–H groups in total. The van der Waals surface area contributed by atoms with E-state index in [0.29, 0.717) is 6.04 Å². The van der Waals surface area contributed by atoms with Gasteiger partial charge in [0.1, 0.15) is 0 Å². The van der Waals surface area contributed by atoms with Gasteiger partial charge in [0.05, 0.1) is 18.4 Å². The minimum absolute atomic E-state index is 0.245. The van der Waals surface area contributed by atoms with E-state index in [9.17, 15) is 0 Å². The summed E-state index contributed by atoms with van der Waals surface area (Å²) in [5, 5.41) is 8.81. The second kappa shape index (κ2) is 3.30. The van der Waals surface area contributed by atoms with Crippen molar-refractivity contribution < 1.29 is 0 Å². The van der Waals surface area contributed by atoms with Crippen LogP contribution in [0.1, 0.15) is 20.3 Å². The fraction of sp³-hybridized carbons (Fsp3) is 0.455. The van der Waals surface area contributed by atoms with E-state index in [2.05, 4.69) is 29.8 Å². The molecule has 0 saturated carbocycles. The molecule has 0 fully saturated rings. The number of fused-ring (bicyclic) bond motifs is 1. The van der Waals surface area contributed by atoms with Crippen LogP contribution in [0.5, 0.6) is 0 Å². The molecule has 1 atom stereocenters. The molecule has 3 heteroatoms. The third-order valence-electron chi connectivity index (χ3n) is 2.56. The van der Waals surface area contributed by atoms with Crippen LogP contribution >= 0.6 is 0 Å². The molecule has 1 aliphatic carbocycles. The van der Waals surface area contributed by atoms with Crippen molar-refractivity contribution >= 4 is 6.34 Å². The zero-order valence-corrected chi connectivity index (χ0v) is 8.44. The molecule has 14 heavy (non-hydrogen) atoms. The van der Waals surface area contributed by atoms with Gasteiger partial charge in [0, 0.05) is 17.3 Å². The Morgan fingerprint density at radius 1 is 1.64 bits per heavy atom. The van der Waals surface area contributed by atoms with Gasteiger partial charge >= 0.3 is 0 Å². The second-order valence-corrected chi connectivity index (χ2v) is 3.86. The first-order chi connectivity index (χ1) is 6.72. The van der Waals surface area contributed by atoms with Crippen molar-refractivity contribution in [1.82, 2.24) is 4.90 Å². The van der Waals surface area contributed by atoms with Gasteiger partial charge in [0.15, 0.2) is 0 Å². The number of nitrogens with zero attached hydrogens (tertiary/aromatic N) is 3. The third-order valence-corrected chi connectivity index (χ3v) is 2.56. The van der Waals surface area contributed by atoms with Crippen molar-refractivity contribution in [3.05, 3.63) is 23.4 Å². The Morgan fingerprint density at radius 3 is 3.07 bits per heavy atom. The van der Waals surface area contributed by atoms with Gasteiger partial charge in [0.25, 0.3) is 0 Å². The molecule has 0 spiro atoms. The second-order valence-electron chi connectivity index (χ2n) is 3.86. The molecule has 1 aliphatic heterocycles.